The predicted octanol–water partition coefficient (Wildman–Crippen LogP) is 5.06. The minimum Gasteiger partial charge on any atom is -0.494 e. The van der Waals surface area contributed by atoms with Crippen LogP contribution in [0.1, 0.15) is 40.0 Å². The van der Waals surface area contributed by atoms with Crippen LogP contribution in [0.4, 0.5) is 4.39 Å². The smallest absolute Gasteiger partial charge is 0.226 e. The summed E-state index contributed by atoms with van der Waals surface area (Å²) in [6.45, 7) is 8.79. The van der Waals surface area contributed by atoms with Crippen molar-refractivity contribution in [2.24, 2.45) is 0 Å². The van der Waals surface area contributed by atoms with E-state index in [2.05, 4.69) is 28.7 Å². The van der Waals surface area contributed by atoms with Gasteiger partial charge in [0, 0.05) is 17.0 Å². The fraction of sp³-hybridized carbons (Fsp3) is 0.400. The maximum atomic E-state index is 13.6. The van der Waals surface area contributed by atoms with Crippen LogP contribution in [0.2, 0.25) is 0 Å². The molecule has 0 N–H and O–H groups in total. The van der Waals surface area contributed by atoms with Gasteiger partial charge in [-0.1, -0.05) is 0 Å². The van der Waals surface area contributed by atoms with Crippen LogP contribution in [-0.2, 0) is 6.54 Å². The Bertz CT molecular complexity index is 951. The minimum absolute atomic E-state index is 0.167. The SMILES string of the molecule is COc1cc(-c2nc(CN(C)[C@@H](C)c3nc(C)sc3C)c(C)o2)ccc1F. The molecule has 2 heterocycles. The van der Waals surface area contributed by atoms with Crippen molar-refractivity contribution in [1.29, 1.82) is 0 Å². The van der Waals surface area contributed by atoms with E-state index in [9.17, 15) is 4.39 Å². The summed E-state index contributed by atoms with van der Waals surface area (Å²) in [4.78, 5) is 12.7. The van der Waals surface area contributed by atoms with Gasteiger partial charge in [0.05, 0.1) is 29.5 Å². The van der Waals surface area contributed by atoms with E-state index in [4.69, 9.17) is 9.15 Å². The Labute approximate surface area is 162 Å². The first kappa shape index (κ1) is 19.5. The van der Waals surface area contributed by atoms with Crippen LogP contribution in [-0.4, -0.2) is 29.0 Å². The molecule has 5 nitrogen and oxygen atoms in total. The molecule has 0 aliphatic rings. The van der Waals surface area contributed by atoms with E-state index in [0.717, 1.165) is 22.2 Å². The van der Waals surface area contributed by atoms with Crippen LogP contribution in [0.5, 0.6) is 5.75 Å². The number of benzene rings is 1. The molecule has 0 amide bonds. The van der Waals surface area contributed by atoms with E-state index >= 15 is 0 Å². The number of halogens is 1. The monoisotopic (exact) mass is 389 g/mol. The van der Waals surface area contributed by atoms with Crippen LogP contribution in [0, 0.1) is 26.6 Å². The van der Waals surface area contributed by atoms with Crippen LogP contribution < -0.4 is 4.74 Å². The molecule has 1 aromatic carbocycles. The molecule has 3 rings (SSSR count). The normalized spacial score (nSPS) is 12.6. The predicted molar refractivity (Wildman–Crippen MR) is 105 cm³/mol. The third-order valence-corrected chi connectivity index (χ3v) is 5.59. The average molecular weight is 389 g/mol. The van der Waals surface area contributed by atoms with Crippen molar-refractivity contribution in [2.75, 3.05) is 14.2 Å². The van der Waals surface area contributed by atoms with E-state index in [1.165, 1.54) is 18.1 Å². The van der Waals surface area contributed by atoms with Gasteiger partial charge in [-0.2, -0.15) is 0 Å². The maximum Gasteiger partial charge on any atom is 0.226 e. The lowest BCUT2D eigenvalue weighted by atomic mass is 10.2. The molecule has 7 heteroatoms. The van der Waals surface area contributed by atoms with E-state index < -0.39 is 5.82 Å². The number of thiazole rings is 1. The summed E-state index contributed by atoms with van der Waals surface area (Å²) >= 11 is 1.72. The van der Waals surface area contributed by atoms with Gasteiger partial charge in [-0.25, -0.2) is 14.4 Å². The number of oxazole rings is 1. The van der Waals surface area contributed by atoms with Crippen LogP contribution in [0.3, 0.4) is 0 Å². The Balaban J connectivity index is 1.81. The lowest BCUT2D eigenvalue weighted by Crippen LogP contribution is -2.23. The molecular weight excluding hydrogens is 365 g/mol. The Hall–Kier alpha value is -2.25. The first-order chi connectivity index (χ1) is 12.8. The summed E-state index contributed by atoms with van der Waals surface area (Å²) in [6.07, 6.45) is 0. The van der Waals surface area contributed by atoms with Gasteiger partial charge in [-0.3, -0.25) is 4.90 Å². The topological polar surface area (TPSA) is 51.4 Å². The summed E-state index contributed by atoms with van der Waals surface area (Å²) in [7, 11) is 3.49. The zero-order valence-electron chi connectivity index (χ0n) is 16.5. The first-order valence-electron chi connectivity index (χ1n) is 8.74. The van der Waals surface area contributed by atoms with Gasteiger partial charge in [0.2, 0.25) is 5.89 Å². The Morgan fingerprint density at radius 3 is 2.63 bits per heavy atom. The molecule has 0 unspecified atom stereocenters. The molecule has 0 fully saturated rings. The number of nitrogens with zero attached hydrogens (tertiary/aromatic N) is 3. The van der Waals surface area contributed by atoms with Gasteiger partial charge in [0.25, 0.3) is 0 Å². The van der Waals surface area contributed by atoms with Crippen molar-refractivity contribution in [2.45, 2.75) is 40.3 Å². The lowest BCUT2D eigenvalue weighted by Gasteiger charge is -2.23. The van der Waals surface area contributed by atoms with E-state index in [-0.39, 0.29) is 11.8 Å². The zero-order valence-corrected chi connectivity index (χ0v) is 17.3. The van der Waals surface area contributed by atoms with E-state index in [0.29, 0.717) is 18.0 Å². The molecule has 0 aliphatic carbocycles. The molecule has 0 radical (unpaired) electrons. The molecule has 144 valence electrons. The summed E-state index contributed by atoms with van der Waals surface area (Å²) < 4.78 is 24.5. The molecule has 0 bridgehead atoms. The largest absolute Gasteiger partial charge is 0.494 e. The van der Waals surface area contributed by atoms with Crippen molar-refractivity contribution in [3.05, 3.63) is 51.0 Å². The lowest BCUT2D eigenvalue weighted by molar-refractivity contribution is 0.245. The highest BCUT2D eigenvalue weighted by atomic mass is 32.1. The van der Waals surface area contributed by atoms with Gasteiger partial charge >= 0.3 is 0 Å². The van der Waals surface area contributed by atoms with Gasteiger partial charge in [-0.05, 0) is 52.9 Å². The molecular formula is C20H24FN3O2S. The molecule has 27 heavy (non-hydrogen) atoms. The number of ether oxygens (including phenoxy) is 1. The highest BCUT2D eigenvalue weighted by Gasteiger charge is 2.21. The van der Waals surface area contributed by atoms with Gasteiger partial charge in [-0.15, -0.1) is 11.3 Å². The summed E-state index contributed by atoms with van der Waals surface area (Å²) in [5.41, 5.74) is 2.64. The third-order valence-electron chi connectivity index (χ3n) is 4.69. The second-order valence-electron chi connectivity index (χ2n) is 6.64. The van der Waals surface area contributed by atoms with Crippen molar-refractivity contribution < 1.29 is 13.5 Å². The highest BCUT2D eigenvalue weighted by Crippen LogP contribution is 2.30. The maximum absolute atomic E-state index is 13.6. The van der Waals surface area contributed by atoms with Crippen LogP contribution in [0.25, 0.3) is 11.5 Å². The number of rotatable bonds is 6. The number of hydrogen-bond acceptors (Lipinski definition) is 6. The fourth-order valence-electron chi connectivity index (χ4n) is 3.01. The Kier molecular flexibility index (Phi) is 5.62. The van der Waals surface area contributed by atoms with Crippen molar-refractivity contribution in [3.8, 4) is 17.2 Å². The average Bonchev–Trinajstić information content (AvgIpc) is 3.16. The third kappa shape index (κ3) is 4.04. The number of methoxy groups -OCH3 is 1. The first-order valence-corrected chi connectivity index (χ1v) is 9.56. The van der Waals surface area contributed by atoms with Crippen LogP contribution in [0.15, 0.2) is 22.6 Å². The molecule has 3 aromatic rings. The van der Waals surface area contributed by atoms with Crippen molar-refractivity contribution in [3.63, 3.8) is 0 Å². The molecule has 1 atom stereocenters. The number of aromatic nitrogens is 2. The van der Waals surface area contributed by atoms with Crippen molar-refractivity contribution in [1.82, 2.24) is 14.9 Å². The van der Waals surface area contributed by atoms with E-state index in [1.54, 1.807) is 23.5 Å². The number of aryl methyl sites for hydroxylation is 3. The zero-order chi connectivity index (χ0) is 19.7. The Morgan fingerprint density at radius 2 is 2.00 bits per heavy atom. The van der Waals surface area contributed by atoms with Gasteiger partial charge < -0.3 is 9.15 Å². The fourth-order valence-corrected chi connectivity index (χ4v) is 3.91. The number of hydrogen-bond donors (Lipinski definition) is 0. The van der Waals surface area contributed by atoms with E-state index in [1.807, 2.05) is 20.9 Å². The summed E-state index contributed by atoms with van der Waals surface area (Å²) in [6, 6.07) is 4.76. The van der Waals surface area contributed by atoms with Gasteiger partial charge in [0.15, 0.2) is 11.6 Å². The molecule has 0 saturated heterocycles. The van der Waals surface area contributed by atoms with Gasteiger partial charge in [0.1, 0.15) is 5.76 Å². The standard InChI is InChI=1S/C20H24FN3O2S/c1-11(19-13(3)27-14(4)22-19)24(5)10-17-12(2)26-20(23-17)15-7-8-16(21)18(9-15)25-6/h7-9,11H,10H2,1-6H3/t11-/m0/s1. The minimum atomic E-state index is -0.410. The second-order valence-corrected chi connectivity index (χ2v) is 8.04. The summed E-state index contributed by atoms with van der Waals surface area (Å²) in [5.74, 6) is 0.971. The second kappa shape index (κ2) is 7.78. The quantitative estimate of drug-likeness (QED) is 0.589. The molecule has 0 saturated carbocycles. The van der Waals surface area contributed by atoms with Crippen LogP contribution >= 0.6 is 11.3 Å². The summed E-state index contributed by atoms with van der Waals surface area (Å²) in [5, 5.41) is 1.08. The van der Waals surface area contributed by atoms with Crippen molar-refractivity contribution >= 4 is 11.3 Å². The Morgan fingerprint density at radius 1 is 1.26 bits per heavy atom. The highest BCUT2D eigenvalue weighted by molar-refractivity contribution is 7.11. The molecule has 0 spiro atoms. The molecule has 2 aromatic heterocycles. The molecule has 0 aliphatic heterocycles.